The standard InChI is InChI=1S/C22H22N6O2/c1-15-5-4-8-28-19(29)13-16(23-21(15)28)14-26-9-11-27(12-10-26)22(30)20-17-6-2-3-7-18(17)24-25-20/h2-8,13H,9-12,14H2,1H3,(H,24,25). The van der Waals surface area contributed by atoms with Crippen LogP contribution in [0.15, 0.2) is 53.5 Å². The summed E-state index contributed by atoms with van der Waals surface area (Å²) in [5, 5.41) is 8.00. The Labute approximate surface area is 172 Å². The van der Waals surface area contributed by atoms with E-state index in [2.05, 4.69) is 20.1 Å². The minimum absolute atomic E-state index is 0.0511. The number of benzene rings is 1. The third-order valence-corrected chi connectivity index (χ3v) is 5.66. The minimum Gasteiger partial charge on any atom is -0.335 e. The lowest BCUT2D eigenvalue weighted by Crippen LogP contribution is -2.48. The monoisotopic (exact) mass is 402 g/mol. The molecule has 1 aliphatic heterocycles. The van der Waals surface area contributed by atoms with Crippen LogP contribution in [0.25, 0.3) is 16.6 Å². The van der Waals surface area contributed by atoms with Crippen LogP contribution in [0.1, 0.15) is 21.7 Å². The molecule has 152 valence electrons. The predicted molar refractivity (Wildman–Crippen MR) is 113 cm³/mol. The van der Waals surface area contributed by atoms with Gasteiger partial charge in [-0.1, -0.05) is 24.3 Å². The predicted octanol–water partition coefficient (Wildman–Crippen LogP) is 1.84. The second kappa shape index (κ2) is 7.38. The molecule has 0 unspecified atom stereocenters. The molecule has 0 aliphatic carbocycles. The van der Waals surface area contributed by atoms with E-state index in [1.807, 2.05) is 48.2 Å². The second-order valence-electron chi connectivity index (χ2n) is 7.66. The number of rotatable bonds is 3. The molecule has 8 heteroatoms. The van der Waals surface area contributed by atoms with Crippen molar-refractivity contribution < 1.29 is 4.79 Å². The summed E-state index contributed by atoms with van der Waals surface area (Å²) in [4.78, 5) is 34.1. The minimum atomic E-state index is -0.0714. The van der Waals surface area contributed by atoms with Gasteiger partial charge >= 0.3 is 0 Å². The molecule has 1 aliphatic rings. The van der Waals surface area contributed by atoms with E-state index in [1.54, 1.807) is 16.7 Å². The van der Waals surface area contributed by atoms with E-state index in [9.17, 15) is 9.59 Å². The third kappa shape index (κ3) is 3.25. The first kappa shape index (κ1) is 18.5. The number of para-hydroxylation sites is 1. The Morgan fingerprint density at radius 3 is 2.73 bits per heavy atom. The summed E-state index contributed by atoms with van der Waals surface area (Å²) in [5.74, 6) is -0.0511. The van der Waals surface area contributed by atoms with Crippen LogP contribution < -0.4 is 5.56 Å². The molecule has 1 N–H and O–H groups in total. The molecule has 0 radical (unpaired) electrons. The highest BCUT2D eigenvalue weighted by atomic mass is 16.2. The van der Waals surface area contributed by atoms with Crippen LogP contribution >= 0.6 is 0 Å². The van der Waals surface area contributed by atoms with Gasteiger partial charge < -0.3 is 4.90 Å². The Balaban J connectivity index is 1.28. The number of nitrogens with zero attached hydrogens (tertiary/aromatic N) is 5. The van der Waals surface area contributed by atoms with Gasteiger partial charge in [-0.3, -0.25) is 24.0 Å². The number of piperazine rings is 1. The zero-order chi connectivity index (χ0) is 20.7. The number of amides is 1. The summed E-state index contributed by atoms with van der Waals surface area (Å²) in [6.45, 7) is 5.23. The van der Waals surface area contributed by atoms with Crippen molar-refractivity contribution in [2.75, 3.05) is 26.2 Å². The van der Waals surface area contributed by atoms with Crippen molar-refractivity contribution in [2.45, 2.75) is 13.5 Å². The Morgan fingerprint density at radius 2 is 1.90 bits per heavy atom. The normalized spacial score (nSPS) is 15.2. The number of H-pyrrole nitrogens is 1. The summed E-state index contributed by atoms with van der Waals surface area (Å²) in [6.07, 6.45) is 1.74. The number of nitrogens with one attached hydrogen (secondary N) is 1. The second-order valence-corrected chi connectivity index (χ2v) is 7.66. The molecule has 0 atom stereocenters. The third-order valence-electron chi connectivity index (χ3n) is 5.66. The Morgan fingerprint density at radius 1 is 1.10 bits per heavy atom. The summed E-state index contributed by atoms with van der Waals surface area (Å²) in [7, 11) is 0. The maximum absolute atomic E-state index is 12.9. The number of aromatic nitrogens is 4. The van der Waals surface area contributed by atoms with E-state index in [4.69, 9.17) is 0 Å². The summed E-state index contributed by atoms with van der Waals surface area (Å²) in [5.41, 5.74) is 3.69. The summed E-state index contributed by atoms with van der Waals surface area (Å²) >= 11 is 0. The van der Waals surface area contributed by atoms with E-state index in [0.29, 0.717) is 31.0 Å². The van der Waals surface area contributed by atoms with Crippen LogP contribution in [0.3, 0.4) is 0 Å². The molecule has 1 amide bonds. The van der Waals surface area contributed by atoms with Crippen molar-refractivity contribution in [2.24, 2.45) is 0 Å². The van der Waals surface area contributed by atoms with Crippen LogP contribution in [-0.4, -0.2) is 61.5 Å². The summed E-state index contributed by atoms with van der Waals surface area (Å²) in [6, 6.07) is 13.1. The maximum Gasteiger partial charge on any atom is 0.275 e. The highest BCUT2D eigenvalue weighted by molar-refractivity contribution is 6.04. The Hall–Kier alpha value is -3.52. The molecule has 0 saturated carbocycles. The topological polar surface area (TPSA) is 86.6 Å². The van der Waals surface area contributed by atoms with Crippen LogP contribution in [0.4, 0.5) is 0 Å². The van der Waals surface area contributed by atoms with E-state index < -0.39 is 0 Å². The van der Waals surface area contributed by atoms with Gasteiger partial charge in [0.25, 0.3) is 11.5 Å². The summed E-state index contributed by atoms with van der Waals surface area (Å²) < 4.78 is 1.57. The largest absolute Gasteiger partial charge is 0.335 e. The Bertz CT molecular complexity index is 1300. The first-order valence-electron chi connectivity index (χ1n) is 10.0. The zero-order valence-electron chi connectivity index (χ0n) is 16.7. The lowest BCUT2D eigenvalue weighted by Gasteiger charge is -2.34. The van der Waals surface area contributed by atoms with Gasteiger partial charge in [0.1, 0.15) is 5.65 Å². The average molecular weight is 402 g/mol. The molecule has 30 heavy (non-hydrogen) atoms. The quantitative estimate of drug-likeness (QED) is 0.565. The van der Waals surface area contributed by atoms with Gasteiger partial charge in [0.15, 0.2) is 5.69 Å². The maximum atomic E-state index is 12.9. The van der Waals surface area contributed by atoms with Gasteiger partial charge in [-0.25, -0.2) is 4.98 Å². The SMILES string of the molecule is Cc1cccn2c(=O)cc(CN3CCN(C(=O)c4n[nH]c5ccccc45)CC3)nc12. The number of pyridine rings is 1. The van der Waals surface area contributed by atoms with Gasteiger partial charge in [-0.2, -0.15) is 5.10 Å². The molecule has 4 heterocycles. The molecule has 5 rings (SSSR count). The van der Waals surface area contributed by atoms with E-state index in [0.717, 1.165) is 35.2 Å². The molecular formula is C22H22N6O2. The highest BCUT2D eigenvalue weighted by Crippen LogP contribution is 2.18. The molecular weight excluding hydrogens is 380 g/mol. The molecule has 0 spiro atoms. The van der Waals surface area contributed by atoms with Crippen molar-refractivity contribution in [1.29, 1.82) is 0 Å². The van der Waals surface area contributed by atoms with E-state index >= 15 is 0 Å². The van der Waals surface area contributed by atoms with Crippen molar-refractivity contribution in [3.05, 3.63) is 76.0 Å². The number of fused-ring (bicyclic) bond motifs is 2. The molecule has 8 nitrogen and oxygen atoms in total. The lowest BCUT2D eigenvalue weighted by molar-refractivity contribution is 0.0623. The number of hydrogen-bond donors (Lipinski definition) is 1. The number of aromatic amines is 1. The fourth-order valence-corrected chi connectivity index (χ4v) is 4.00. The van der Waals surface area contributed by atoms with Crippen LogP contribution in [-0.2, 0) is 6.54 Å². The lowest BCUT2D eigenvalue weighted by atomic mass is 10.2. The molecule has 4 aromatic rings. The van der Waals surface area contributed by atoms with Crippen LogP contribution in [0, 0.1) is 6.92 Å². The van der Waals surface area contributed by atoms with Crippen molar-refractivity contribution in [3.8, 4) is 0 Å². The molecule has 0 bridgehead atoms. The number of hydrogen-bond acceptors (Lipinski definition) is 5. The van der Waals surface area contributed by atoms with Gasteiger partial charge in [0.05, 0.1) is 11.2 Å². The van der Waals surface area contributed by atoms with Gasteiger partial charge in [0.2, 0.25) is 0 Å². The first-order chi connectivity index (χ1) is 14.6. The van der Waals surface area contributed by atoms with E-state index in [1.165, 1.54) is 0 Å². The smallest absolute Gasteiger partial charge is 0.275 e. The van der Waals surface area contributed by atoms with Crippen LogP contribution in [0.5, 0.6) is 0 Å². The number of carbonyl (C=O) groups excluding carboxylic acids is 1. The fraction of sp³-hybridized carbons (Fsp3) is 0.273. The van der Waals surface area contributed by atoms with Gasteiger partial charge in [0, 0.05) is 50.4 Å². The fourth-order valence-electron chi connectivity index (χ4n) is 4.00. The van der Waals surface area contributed by atoms with Crippen molar-refractivity contribution >= 4 is 22.5 Å². The zero-order valence-corrected chi connectivity index (χ0v) is 16.7. The Kier molecular flexibility index (Phi) is 4.55. The molecule has 1 fully saturated rings. The number of aryl methyl sites for hydroxylation is 1. The highest BCUT2D eigenvalue weighted by Gasteiger charge is 2.25. The van der Waals surface area contributed by atoms with Gasteiger partial charge in [-0.05, 0) is 24.6 Å². The van der Waals surface area contributed by atoms with E-state index in [-0.39, 0.29) is 11.5 Å². The van der Waals surface area contributed by atoms with Crippen molar-refractivity contribution in [1.82, 2.24) is 29.4 Å². The average Bonchev–Trinajstić information content (AvgIpc) is 3.19. The van der Waals surface area contributed by atoms with Gasteiger partial charge in [-0.15, -0.1) is 0 Å². The molecule has 3 aromatic heterocycles. The first-order valence-corrected chi connectivity index (χ1v) is 10.0. The van der Waals surface area contributed by atoms with Crippen LogP contribution in [0.2, 0.25) is 0 Å². The number of carbonyl (C=O) groups is 1. The van der Waals surface area contributed by atoms with Crippen molar-refractivity contribution in [3.63, 3.8) is 0 Å². The molecule has 1 aromatic carbocycles. The molecule has 1 saturated heterocycles.